The number of ether oxygens (including phenoxy) is 1. The summed E-state index contributed by atoms with van der Waals surface area (Å²) >= 11 is 0. The van der Waals surface area contributed by atoms with Crippen LogP contribution in [0.15, 0.2) is 23.1 Å². The SMILES string of the molecule is CCCC(C)(C)NS(=O)(=O)c1ccc(C(=O)OC)cc1N. The van der Waals surface area contributed by atoms with Crippen molar-refractivity contribution in [2.75, 3.05) is 12.8 Å². The summed E-state index contributed by atoms with van der Waals surface area (Å²) in [6, 6.07) is 3.99. The molecule has 7 heteroatoms. The van der Waals surface area contributed by atoms with Crippen LogP contribution in [0.25, 0.3) is 0 Å². The minimum absolute atomic E-state index is 0.0118. The molecule has 0 bridgehead atoms. The van der Waals surface area contributed by atoms with E-state index in [0.29, 0.717) is 6.42 Å². The lowest BCUT2D eigenvalue weighted by Crippen LogP contribution is -2.43. The van der Waals surface area contributed by atoms with Gasteiger partial charge in [0.2, 0.25) is 10.0 Å². The Kier molecular flexibility index (Phi) is 5.36. The third-order valence-electron chi connectivity index (χ3n) is 3.01. The number of benzene rings is 1. The molecule has 1 aromatic rings. The molecule has 0 fully saturated rings. The number of sulfonamides is 1. The second-order valence-electron chi connectivity index (χ2n) is 5.48. The van der Waals surface area contributed by atoms with E-state index in [0.717, 1.165) is 6.42 Å². The van der Waals surface area contributed by atoms with E-state index >= 15 is 0 Å². The van der Waals surface area contributed by atoms with Crippen LogP contribution < -0.4 is 10.5 Å². The Hall–Kier alpha value is -1.60. The minimum atomic E-state index is -3.75. The van der Waals surface area contributed by atoms with Crippen LogP contribution in [-0.2, 0) is 14.8 Å². The molecular weight excluding hydrogens is 292 g/mol. The molecule has 1 aromatic carbocycles. The van der Waals surface area contributed by atoms with Crippen molar-refractivity contribution in [2.24, 2.45) is 0 Å². The summed E-state index contributed by atoms with van der Waals surface area (Å²) in [6.45, 7) is 5.61. The molecule has 0 aliphatic rings. The van der Waals surface area contributed by atoms with Crippen LogP contribution in [0, 0.1) is 0 Å². The Morgan fingerprint density at radius 3 is 2.48 bits per heavy atom. The molecule has 0 unspecified atom stereocenters. The van der Waals surface area contributed by atoms with Crippen LogP contribution in [0.3, 0.4) is 0 Å². The molecule has 0 aliphatic heterocycles. The number of nitrogens with two attached hydrogens (primary N) is 1. The first-order valence-electron chi connectivity index (χ1n) is 6.65. The van der Waals surface area contributed by atoms with Crippen LogP contribution >= 0.6 is 0 Å². The number of carbonyl (C=O) groups excluding carboxylic acids is 1. The number of nitrogens with one attached hydrogen (secondary N) is 1. The average molecular weight is 314 g/mol. The smallest absolute Gasteiger partial charge is 0.337 e. The number of carbonyl (C=O) groups is 1. The van der Waals surface area contributed by atoms with Crippen LogP contribution in [-0.4, -0.2) is 27.0 Å². The fraction of sp³-hybridized carbons (Fsp3) is 0.500. The molecule has 0 aliphatic carbocycles. The topological polar surface area (TPSA) is 98.5 Å². The molecule has 6 nitrogen and oxygen atoms in total. The van der Waals surface area contributed by atoms with Gasteiger partial charge in [-0.2, -0.15) is 0 Å². The lowest BCUT2D eigenvalue weighted by molar-refractivity contribution is 0.0600. The lowest BCUT2D eigenvalue weighted by atomic mass is 10.0. The van der Waals surface area contributed by atoms with Gasteiger partial charge in [-0.15, -0.1) is 0 Å². The average Bonchev–Trinajstić information content (AvgIpc) is 2.35. The van der Waals surface area contributed by atoms with Crippen LogP contribution in [0.1, 0.15) is 44.0 Å². The lowest BCUT2D eigenvalue weighted by Gasteiger charge is -2.25. The molecule has 0 saturated heterocycles. The molecule has 0 spiro atoms. The maximum atomic E-state index is 12.4. The predicted octanol–water partition coefficient (Wildman–Crippen LogP) is 1.91. The zero-order chi connectivity index (χ0) is 16.3. The fourth-order valence-corrected chi connectivity index (χ4v) is 3.69. The summed E-state index contributed by atoms with van der Waals surface area (Å²) in [5, 5.41) is 0. The van der Waals surface area contributed by atoms with E-state index in [1.165, 1.54) is 25.3 Å². The molecule has 0 atom stereocenters. The molecule has 0 saturated carbocycles. The van der Waals surface area contributed by atoms with E-state index in [2.05, 4.69) is 9.46 Å². The van der Waals surface area contributed by atoms with Gasteiger partial charge in [-0.1, -0.05) is 13.3 Å². The van der Waals surface area contributed by atoms with E-state index in [9.17, 15) is 13.2 Å². The summed E-state index contributed by atoms with van der Waals surface area (Å²) in [6.07, 6.45) is 1.55. The third kappa shape index (κ3) is 4.44. The molecule has 0 radical (unpaired) electrons. The number of anilines is 1. The van der Waals surface area contributed by atoms with Gasteiger partial charge in [-0.05, 0) is 38.5 Å². The number of hydrogen-bond donors (Lipinski definition) is 2. The van der Waals surface area contributed by atoms with Crippen molar-refractivity contribution >= 4 is 21.7 Å². The highest BCUT2D eigenvalue weighted by Gasteiger charge is 2.27. The first kappa shape index (κ1) is 17.5. The first-order valence-corrected chi connectivity index (χ1v) is 8.13. The zero-order valence-electron chi connectivity index (χ0n) is 12.8. The van der Waals surface area contributed by atoms with Crippen molar-refractivity contribution in [2.45, 2.75) is 44.0 Å². The molecule has 3 N–H and O–H groups in total. The summed E-state index contributed by atoms with van der Waals surface area (Å²) in [4.78, 5) is 11.4. The number of rotatable bonds is 6. The van der Waals surface area contributed by atoms with Crippen molar-refractivity contribution in [3.8, 4) is 0 Å². The number of methoxy groups -OCH3 is 1. The summed E-state index contributed by atoms with van der Waals surface area (Å²) in [7, 11) is -2.50. The molecule has 21 heavy (non-hydrogen) atoms. The quantitative estimate of drug-likeness (QED) is 0.617. The Morgan fingerprint density at radius 2 is 2.00 bits per heavy atom. The standard InChI is InChI=1S/C14H22N2O4S/c1-5-8-14(2,3)16-21(18,19)12-7-6-10(9-11(12)15)13(17)20-4/h6-7,9,16H,5,8,15H2,1-4H3. The van der Waals surface area contributed by atoms with Gasteiger partial charge < -0.3 is 10.5 Å². The highest BCUT2D eigenvalue weighted by Crippen LogP contribution is 2.23. The van der Waals surface area contributed by atoms with Crippen molar-refractivity contribution in [1.82, 2.24) is 4.72 Å². The molecule has 0 aromatic heterocycles. The Bertz CT molecular complexity index is 624. The van der Waals surface area contributed by atoms with Gasteiger partial charge >= 0.3 is 5.97 Å². The van der Waals surface area contributed by atoms with Crippen LogP contribution in [0.5, 0.6) is 0 Å². The molecule has 118 valence electrons. The van der Waals surface area contributed by atoms with Gasteiger partial charge in [0, 0.05) is 5.54 Å². The van der Waals surface area contributed by atoms with Crippen LogP contribution in [0.2, 0.25) is 0 Å². The second-order valence-corrected chi connectivity index (χ2v) is 7.13. The molecule has 0 amide bonds. The molecule has 0 heterocycles. The normalized spacial score (nSPS) is 12.2. The van der Waals surface area contributed by atoms with Crippen molar-refractivity contribution in [3.05, 3.63) is 23.8 Å². The van der Waals surface area contributed by atoms with Gasteiger partial charge in [0.25, 0.3) is 0 Å². The van der Waals surface area contributed by atoms with Gasteiger partial charge in [-0.3, -0.25) is 0 Å². The second kappa shape index (κ2) is 6.44. The number of nitrogen functional groups attached to an aromatic ring is 1. The van der Waals surface area contributed by atoms with E-state index < -0.39 is 21.5 Å². The monoisotopic (exact) mass is 314 g/mol. The Labute approximate surface area is 125 Å². The summed E-state index contributed by atoms with van der Waals surface area (Å²) < 4.78 is 32.0. The van der Waals surface area contributed by atoms with E-state index in [-0.39, 0.29) is 16.1 Å². The van der Waals surface area contributed by atoms with Gasteiger partial charge in [-0.25, -0.2) is 17.9 Å². The molecule has 1 rings (SSSR count). The maximum Gasteiger partial charge on any atom is 0.337 e. The highest BCUT2D eigenvalue weighted by molar-refractivity contribution is 7.89. The zero-order valence-corrected chi connectivity index (χ0v) is 13.6. The minimum Gasteiger partial charge on any atom is -0.465 e. The summed E-state index contributed by atoms with van der Waals surface area (Å²) in [5.74, 6) is -0.565. The van der Waals surface area contributed by atoms with E-state index in [1.54, 1.807) is 0 Å². The number of hydrogen-bond acceptors (Lipinski definition) is 5. The summed E-state index contributed by atoms with van der Waals surface area (Å²) in [5.41, 5.74) is 5.42. The largest absolute Gasteiger partial charge is 0.465 e. The van der Waals surface area contributed by atoms with Gasteiger partial charge in [0.1, 0.15) is 4.90 Å². The van der Waals surface area contributed by atoms with E-state index in [4.69, 9.17) is 5.73 Å². The number of esters is 1. The third-order valence-corrected chi connectivity index (χ3v) is 4.78. The van der Waals surface area contributed by atoms with E-state index in [1.807, 2.05) is 20.8 Å². The molecular formula is C14H22N2O4S. The maximum absolute atomic E-state index is 12.4. The Balaban J connectivity index is 3.13. The fourth-order valence-electron chi connectivity index (χ4n) is 2.13. The first-order chi connectivity index (χ1) is 9.63. The highest BCUT2D eigenvalue weighted by atomic mass is 32.2. The Morgan fingerprint density at radius 1 is 1.38 bits per heavy atom. The van der Waals surface area contributed by atoms with Crippen LogP contribution in [0.4, 0.5) is 5.69 Å². The predicted molar refractivity (Wildman–Crippen MR) is 81.5 cm³/mol. The van der Waals surface area contributed by atoms with Gasteiger partial charge in [0.05, 0.1) is 18.4 Å². The van der Waals surface area contributed by atoms with Crippen molar-refractivity contribution in [1.29, 1.82) is 0 Å². The van der Waals surface area contributed by atoms with Gasteiger partial charge in [0.15, 0.2) is 0 Å². The van der Waals surface area contributed by atoms with Crippen molar-refractivity contribution in [3.63, 3.8) is 0 Å². The van der Waals surface area contributed by atoms with Crippen molar-refractivity contribution < 1.29 is 17.9 Å².